The number of hydrogen-bond donors (Lipinski definition) is 7. The van der Waals surface area contributed by atoms with E-state index < -0.39 is 124 Å². The van der Waals surface area contributed by atoms with Crippen LogP contribution in [0.25, 0.3) is 0 Å². The average Bonchev–Trinajstić information content (AvgIpc) is 1.40. The van der Waals surface area contributed by atoms with Gasteiger partial charge in [-0.1, -0.05) is 104 Å². The largest absolute Gasteiger partial charge is 0.445 e. The van der Waals surface area contributed by atoms with Crippen molar-refractivity contribution in [2.75, 3.05) is 53.3 Å². The molecule has 2 aromatic rings. The Morgan fingerprint density at radius 2 is 1.37 bits per heavy atom. The molecule has 510 valence electrons. The molecule has 1 fully saturated rings. The second-order valence-corrected chi connectivity index (χ2v) is 26.0. The number of rotatable bonds is 37. The highest BCUT2D eigenvalue weighted by molar-refractivity contribution is 7.89. The van der Waals surface area contributed by atoms with Gasteiger partial charge in [-0.25, -0.2) is 18.0 Å². The highest BCUT2D eigenvalue weighted by Gasteiger charge is 2.44. The lowest BCUT2D eigenvalue weighted by molar-refractivity contribution is -0.147. The van der Waals surface area contributed by atoms with Crippen molar-refractivity contribution >= 4 is 81.0 Å². The number of sulfonamides is 1. The molecular formula is C64H97N11O16S. The van der Waals surface area contributed by atoms with E-state index in [1.807, 2.05) is 13.8 Å². The molecule has 28 heteroatoms. The molecular weight excluding hydrogens is 1210 g/mol. The maximum absolute atomic E-state index is 14.6. The molecule has 2 aliphatic heterocycles. The van der Waals surface area contributed by atoms with E-state index >= 15 is 0 Å². The summed E-state index contributed by atoms with van der Waals surface area (Å²) in [7, 11) is 1.78. The number of carbonyl (C=O) groups excluding carboxylic acids is 11. The van der Waals surface area contributed by atoms with Gasteiger partial charge in [0.2, 0.25) is 51.4 Å². The van der Waals surface area contributed by atoms with Gasteiger partial charge >= 0.3 is 12.1 Å². The van der Waals surface area contributed by atoms with Crippen molar-refractivity contribution in [1.82, 2.24) is 45.6 Å². The summed E-state index contributed by atoms with van der Waals surface area (Å²) in [5.41, 5.74) is 6.57. The van der Waals surface area contributed by atoms with Crippen molar-refractivity contribution in [2.45, 2.75) is 180 Å². The van der Waals surface area contributed by atoms with E-state index in [4.69, 9.17) is 19.9 Å². The van der Waals surface area contributed by atoms with Crippen LogP contribution in [0.5, 0.6) is 0 Å². The van der Waals surface area contributed by atoms with Crippen molar-refractivity contribution in [2.24, 2.45) is 29.4 Å². The predicted octanol–water partition coefficient (Wildman–Crippen LogP) is 3.85. The van der Waals surface area contributed by atoms with Crippen LogP contribution in [-0.4, -0.2) is 190 Å². The normalized spacial score (nSPS) is 16.9. The molecule has 0 unspecified atom stereocenters. The number of ether oxygens (including phenoxy) is 3. The van der Waals surface area contributed by atoms with Gasteiger partial charge in [0.15, 0.2) is 0 Å². The number of urea groups is 1. The van der Waals surface area contributed by atoms with Crippen molar-refractivity contribution in [1.29, 1.82) is 0 Å². The van der Waals surface area contributed by atoms with Gasteiger partial charge < -0.3 is 56.3 Å². The van der Waals surface area contributed by atoms with Gasteiger partial charge in [-0.15, -0.1) is 0 Å². The summed E-state index contributed by atoms with van der Waals surface area (Å²) >= 11 is 0. The lowest BCUT2D eigenvalue weighted by atomic mass is 9.89. The number of imide groups is 1. The number of unbranched alkanes of at least 4 members (excludes halogenated alkanes) is 2. The predicted molar refractivity (Wildman–Crippen MR) is 342 cm³/mol. The van der Waals surface area contributed by atoms with Crippen molar-refractivity contribution in [3.05, 3.63) is 77.9 Å². The Balaban J connectivity index is 1.34. The molecule has 1 saturated heterocycles. The summed E-state index contributed by atoms with van der Waals surface area (Å²) in [6.45, 7) is 14.4. The third-order valence-corrected chi connectivity index (χ3v) is 18.1. The number of methoxy groups -OCH3 is 2. The number of likely N-dealkylation sites (tertiary alicyclic amines) is 1. The number of likely N-dealkylation sites (N-methyl/N-ethyl adjacent to an activating group) is 2. The van der Waals surface area contributed by atoms with Gasteiger partial charge in [0.25, 0.3) is 11.8 Å². The van der Waals surface area contributed by atoms with Crippen molar-refractivity contribution in [3.8, 4) is 0 Å². The monoisotopic (exact) mass is 1310 g/mol. The SMILES string of the molecule is CC[C@H](C)[C@@H]([C@@H](CC(=O)N1CCC[C@H]1[C@H](OC)[C@@H](C)C(=O)NS(=O)(=O)Cc1ccccc1)OC)N(C)C(=O)[C@@H](NC(=O)[C@H](C)N(C)C(=O)OCc1ccc(NC(=O)[C@H](CCCNC(N)=O)NC(=O)[C@@H](NC(=O)CCCCCN2C(=O)C=CC2=O)C(C)C)cc1)C(C)C. The summed E-state index contributed by atoms with van der Waals surface area (Å²) in [6.07, 6.45) is 3.31. The van der Waals surface area contributed by atoms with Crippen LogP contribution in [0.3, 0.4) is 0 Å². The molecule has 10 atom stereocenters. The molecule has 27 nitrogen and oxygen atoms in total. The Bertz CT molecular complexity index is 2990. The molecule has 2 aromatic carbocycles. The molecule has 4 rings (SSSR count). The number of hydrogen-bond acceptors (Lipinski definition) is 16. The first-order valence-electron chi connectivity index (χ1n) is 31.4. The third kappa shape index (κ3) is 23.0. The van der Waals surface area contributed by atoms with Crippen LogP contribution in [0.15, 0.2) is 66.7 Å². The first-order chi connectivity index (χ1) is 43.4. The summed E-state index contributed by atoms with van der Waals surface area (Å²) < 4.78 is 45.6. The zero-order valence-electron chi connectivity index (χ0n) is 55.2. The minimum Gasteiger partial charge on any atom is -0.445 e. The highest BCUT2D eigenvalue weighted by atomic mass is 32.2. The number of nitrogens with zero attached hydrogens (tertiary/aromatic N) is 4. The van der Waals surface area contributed by atoms with Crippen LogP contribution in [0.2, 0.25) is 0 Å². The van der Waals surface area contributed by atoms with E-state index in [-0.39, 0.29) is 74.9 Å². The first kappa shape index (κ1) is 76.5. The van der Waals surface area contributed by atoms with E-state index in [1.54, 1.807) is 101 Å². The quantitative estimate of drug-likeness (QED) is 0.0373. The molecule has 2 heterocycles. The van der Waals surface area contributed by atoms with E-state index in [1.165, 1.54) is 45.2 Å². The van der Waals surface area contributed by atoms with E-state index in [2.05, 4.69) is 31.3 Å². The zero-order valence-corrected chi connectivity index (χ0v) is 56.0. The third-order valence-electron chi connectivity index (χ3n) is 16.8. The fraction of sp³-hybridized carbons (Fsp3) is 0.609. The van der Waals surface area contributed by atoms with Gasteiger partial charge in [0.1, 0.15) is 30.8 Å². The molecule has 12 amide bonds. The Kier molecular flexibility index (Phi) is 30.7. The summed E-state index contributed by atoms with van der Waals surface area (Å²) in [4.78, 5) is 151. The lowest BCUT2D eigenvalue weighted by Gasteiger charge is -2.41. The second kappa shape index (κ2) is 36.9. The molecule has 0 saturated carbocycles. The Morgan fingerprint density at radius 1 is 0.728 bits per heavy atom. The van der Waals surface area contributed by atoms with Crippen LogP contribution < -0.4 is 37.0 Å². The molecule has 8 N–H and O–H groups in total. The van der Waals surface area contributed by atoms with Crippen LogP contribution >= 0.6 is 0 Å². The van der Waals surface area contributed by atoms with Gasteiger partial charge in [-0.2, -0.15) is 0 Å². The number of benzene rings is 2. The molecule has 92 heavy (non-hydrogen) atoms. The van der Waals surface area contributed by atoms with Crippen LogP contribution in [0.1, 0.15) is 131 Å². The highest BCUT2D eigenvalue weighted by Crippen LogP contribution is 2.30. The minimum absolute atomic E-state index is 0.0785. The fourth-order valence-electron chi connectivity index (χ4n) is 11.1. The van der Waals surface area contributed by atoms with Crippen LogP contribution in [0.4, 0.5) is 15.3 Å². The summed E-state index contributed by atoms with van der Waals surface area (Å²) in [5.74, 6) is -6.93. The zero-order chi connectivity index (χ0) is 68.6. The summed E-state index contributed by atoms with van der Waals surface area (Å²) in [6, 6.07) is 8.42. The van der Waals surface area contributed by atoms with E-state index in [0.717, 1.165) is 9.80 Å². The standard InChI is InChI=1S/C64H97N11O16S/c1-13-41(6)56(49(89-11)36-53(79)74-35-21-25-48(74)57(90-12)42(7)58(80)71-92(87,88)38-45-22-16-14-17-23-45)73(10)62(84)55(40(4)5)70-59(81)43(8)72(9)64(86)91-37-44-27-29-46(30-28-44)67-60(82)47(24-20-33-66-63(65)85)68-61(83)54(39(2)3)69-50(76)26-18-15-19-34-75-51(77)31-32-52(75)78/h14,16-17,22-23,27-32,39-43,47-49,54-57H,13,15,18-21,24-26,33-38H2,1-12H3,(H,67,82)(H,68,83)(H,69,76)(H,70,81)(H,71,80)(H3,65,66,85)/t41-,42+,43-,47-,48-,49+,54-,55-,56-,57+/m0/s1. The Labute approximate surface area is 540 Å². The number of nitrogens with one attached hydrogen (secondary N) is 6. The maximum Gasteiger partial charge on any atom is 0.410 e. The van der Waals surface area contributed by atoms with Crippen LogP contribution in [0, 0.1) is 23.7 Å². The van der Waals surface area contributed by atoms with Crippen molar-refractivity contribution < 1.29 is 75.4 Å². The number of nitrogens with two attached hydrogens (primary N) is 1. The second-order valence-electron chi connectivity index (χ2n) is 24.3. The number of carbonyl (C=O) groups is 11. The molecule has 0 bridgehead atoms. The Hall–Kier alpha value is -7.98. The molecule has 0 aliphatic carbocycles. The number of amides is 12. The van der Waals surface area contributed by atoms with E-state index in [0.29, 0.717) is 61.9 Å². The summed E-state index contributed by atoms with van der Waals surface area (Å²) in [5, 5.41) is 13.6. The van der Waals surface area contributed by atoms with Gasteiger partial charge in [-0.05, 0) is 86.5 Å². The van der Waals surface area contributed by atoms with E-state index in [9.17, 15) is 61.2 Å². The molecule has 2 aliphatic rings. The topological polar surface area (TPSA) is 361 Å². The maximum atomic E-state index is 14.6. The number of anilines is 1. The Morgan fingerprint density at radius 3 is 1.96 bits per heavy atom. The number of primary amides is 1. The lowest BCUT2D eigenvalue weighted by Crippen LogP contribution is -2.59. The molecule has 0 aromatic heterocycles. The fourth-order valence-corrected chi connectivity index (χ4v) is 12.3. The van der Waals surface area contributed by atoms with Gasteiger partial charge in [0.05, 0.1) is 42.4 Å². The smallest absolute Gasteiger partial charge is 0.410 e. The molecule has 0 radical (unpaired) electrons. The van der Waals surface area contributed by atoms with Crippen molar-refractivity contribution in [3.63, 3.8) is 0 Å². The molecule has 0 spiro atoms. The van der Waals surface area contributed by atoms with Gasteiger partial charge in [-0.3, -0.25) is 57.7 Å². The van der Waals surface area contributed by atoms with Crippen LogP contribution in [-0.2, 0) is 79.7 Å². The average molecular weight is 1310 g/mol. The first-order valence-corrected chi connectivity index (χ1v) is 33.1. The minimum atomic E-state index is -4.05. The van der Waals surface area contributed by atoms with Gasteiger partial charge in [0, 0.05) is 72.2 Å².